The van der Waals surface area contributed by atoms with E-state index in [-0.39, 0.29) is 38.9 Å². The van der Waals surface area contributed by atoms with Gasteiger partial charge in [-0.15, -0.1) is 18.9 Å². The van der Waals surface area contributed by atoms with Gasteiger partial charge in [0.05, 0.1) is 29.0 Å². The summed E-state index contributed by atoms with van der Waals surface area (Å²) in [6.45, 7) is 2.31. The molecule has 0 fully saturated rings. The van der Waals surface area contributed by atoms with Crippen LogP contribution in [0.5, 0.6) is 5.75 Å². The summed E-state index contributed by atoms with van der Waals surface area (Å²) in [5.74, 6) is -0.450. The highest BCUT2D eigenvalue weighted by Crippen LogP contribution is 2.45. The first kappa shape index (κ1) is 36.7. The van der Waals surface area contributed by atoms with Crippen LogP contribution in [0.15, 0.2) is 110 Å². The van der Waals surface area contributed by atoms with Crippen LogP contribution in [0.2, 0.25) is 0 Å². The third kappa shape index (κ3) is 8.03. The molecular weight excluding hydrogens is 746 g/mol. The third-order valence-corrected chi connectivity index (χ3v) is 9.53. The molecule has 5 aromatic carbocycles. The molecule has 0 amide bonds. The summed E-state index contributed by atoms with van der Waals surface area (Å²) in [5, 5.41) is 48.1. The second-order valence-corrected chi connectivity index (χ2v) is 13.2. The summed E-state index contributed by atoms with van der Waals surface area (Å²) in [6.07, 6.45) is -1.01. The van der Waals surface area contributed by atoms with Gasteiger partial charge in [-0.1, -0.05) is 46.5 Å². The largest absolute Gasteiger partial charge is 0.505 e. The van der Waals surface area contributed by atoms with Crippen molar-refractivity contribution in [1.82, 2.24) is 15.0 Å². The quantitative estimate of drug-likeness (QED) is 0.0230. The van der Waals surface area contributed by atoms with Crippen LogP contribution < -0.4 is 10.2 Å². The predicted octanol–water partition coefficient (Wildman–Crippen LogP) is 8.44. The summed E-state index contributed by atoms with van der Waals surface area (Å²) in [4.78, 5) is 13.5. The number of aromatic hydroxyl groups is 1. The van der Waals surface area contributed by atoms with Crippen LogP contribution in [0.3, 0.4) is 0 Å². The number of rotatable bonds is 14. The number of hydrogen-bond donors (Lipinski definition) is 5. The highest BCUT2D eigenvalue weighted by molar-refractivity contribution is 7.95. The molecule has 17 nitrogen and oxygen atoms in total. The lowest BCUT2D eigenvalue weighted by atomic mass is 10.1. The fourth-order valence-corrected chi connectivity index (χ4v) is 7.03. The molecule has 0 radical (unpaired) electrons. The molecule has 21 heteroatoms. The number of phenols is 1. The van der Waals surface area contributed by atoms with E-state index in [1.807, 2.05) is 37.3 Å². The molecule has 6 rings (SSSR count). The van der Waals surface area contributed by atoms with E-state index >= 15 is 0 Å². The molecule has 0 aliphatic carbocycles. The summed E-state index contributed by atoms with van der Waals surface area (Å²) >= 11 is 1.02. The Morgan fingerprint density at radius 2 is 1.58 bits per heavy atom. The number of fused-ring (bicyclic) bond motifs is 2. The molecule has 0 atom stereocenters. The number of azo groups is 1. The normalized spacial score (nSPS) is 11.9. The topological polar surface area (TPSA) is 231 Å². The fourth-order valence-electron chi connectivity index (χ4n) is 5.20. The first-order chi connectivity index (χ1) is 25.1. The number of aromatic nitrogens is 3. The molecule has 0 saturated carbocycles. The van der Waals surface area contributed by atoms with Gasteiger partial charge in [-0.05, 0) is 66.2 Å². The van der Waals surface area contributed by atoms with E-state index in [1.54, 1.807) is 23.1 Å². The van der Waals surface area contributed by atoms with Gasteiger partial charge < -0.3 is 15.3 Å². The van der Waals surface area contributed by atoms with E-state index < -0.39 is 26.8 Å². The smallest absolute Gasteiger partial charge is 0.315 e. The molecule has 0 spiro atoms. The van der Waals surface area contributed by atoms with E-state index in [9.17, 15) is 22.5 Å². The second kappa shape index (κ2) is 16.1. The third-order valence-electron chi connectivity index (χ3n) is 7.30. The van der Waals surface area contributed by atoms with E-state index in [1.165, 1.54) is 36.4 Å². The predicted molar refractivity (Wildman–Crippen MR) is 187 cm³/mol. The molecule has 52 heavy (non-hydrogen) atoms. The lowest BCUT2D eigenvalue weighted by Crippen LogP contribution is -2.20. The van der Waals surface area contributed by atoms with E-state index in [4.69, 9.17) is 10.5 Å². The number of hydrogen-bond acceptors (Lipinski definition) is 18. The average molecular weight is 770 g/mol. The maximum atomic E-state index is 14.6. The van der Waals surface area contributed by atoms with E-state index in [0.717, 1.165) is 5.69 Å². The van der Waals surface area contributed by atoms with Crippen LogP contribution in [0.25, 0.3) is 21.5 Å². The maximum absolute atomic E-state index is 14.6. The molecule has 6 aromatic rings. The lowest BCUT2D eigenvalue weighted by molar-refractivity contribution is -0.432. The monoisotopic (exact) mass is 769 g/mol. The van der Waals surface area contributed by atoms with Crippen LogP contribution in [0.4, 0.5) is 39.0 Å². The Balaban J connectivity index is 1.37. The molecule has 0 aliphatic rings. The zero-order chi connectivity index (χ0) is 36.8. The summed E-state index contributed by atoms with van der Waals surface area (Å²) in [6, 6.07) is 22.5. The van der Waals surface area contributed by atoms with Gasteiger partial charge in [0, 0.05) is 33.6 Å². The highest BCUT2D eigenvalue weighted by Gasteiger charge is 2.23. The van der Waals surface area contributed by atoms with Crippen molar-refractivity contribution in [2.45, 2.75) is 21.6 Å². The first-order valence-corrected chi connectivity index (χ1v) is 17.6. The van der Waals surface area contributed by atoms with E-state index in [2.05, 4.69) is 49.2 Å². The van der Waals surface area contributed by atoms with Crippen molar-refractivity contribution in [3.05, 3.63) is 91.0 Å². The lowest BCUT2D eigenvalue weighted by Gasteiger charge is -2.21. The van der Waals surface area contributed by atoms with Gasteiger partial charge in [-0.3, -0.25) is 4.55 Å². The number of para-hydroxylation sites is 1. The Hall–Kier alpha value is -5.07. The standard InChI is InChI=1S/C31H24FN7O10S3/c1-2-39(19-7-4-3-5-8-19)31-35-29(32)34-30(36-31)33-18-11-12-20-17(15-18)16-25(51-49-47-42)26(27(20)40)38-37-23-14-13-21-22(28(23)52(43,44)45)9-6-10-24(21)50-48-46-41/h3-16,40-42H,2H2,1H3,(H,43,44,45)(H,33,34,35,36). The number of halogens is 1. The minimum Gasteiger partial charge on any atom is -0.505 e. The van der Waals surface area contributed by atoms with Crippen LogP contribution >= 0.6 is 24.1 Å². The molecule has 1 heterocycles. The Labute approximate surface area is 301 Å². The molecule has 0 bridgehead atoms. The second-order valence-electron chi connectivity index (χ2n) is 10.3. The Morgan fingerprint density at radius 1 is 0.846 bits per heavy atom. The van der Waals surface area contributed by atoms with Gasteiger partial charge in [0.25, 0.3) is 10.1 Å². The van der Waals surface area contributed by atoms with Crippen LogP contribution in [-0.4, -0.2) is 50.1 Å². The van der Waals surface area contributed by atoms with Crippen molar-refractivity contribution < 1.29 is 51.7 Å². The molecule has 0 aliphatic heterocycles. The molecule has 268 valence electrons. The molecule has 1 aromatic heterocycles. The van der Waals surface area contributed by atoms with Crippen LogP contribution in [0, 0.1) is 6.08 Å². The van der Waals surface area contributed by atoms with E-state index in [0.29, 0.717) is 52.0 Å². The summed E-state index contributed by atoms with van der Waals surface area (Å²) in [7, 11) is -4.90. The van der Waals surface area contributed by atoms with Crippen LogP contribution in [-0.2, 0) is 28.9 Å². The molecule has 5 N–H and O–H groups in total. The van der Waals surface area contributed by atoms with Crippen molar-refractivity contribution in [1.29, 1.82) is 0 Å². The maximum Gasteiger partial charge on any atom is 0.315 e. The summed E-state index contributed by atoms with van der Waals surface area (Å²) in [5.41, 5.74) is 0.610. The zero-order valence-electron chi connectivity index (χ0n) is 26.3. The van der Waals surface area contributed by atoms with Crippen molar-refractivity contribution in [2.75, 3.05) is 16.8 Å². The number of benzene rings is 5. The average Bonchev–Trinajstić information content (AvgIpc) is 3.12. The van der Waals surface area contributed by atoms with Crippen molar-refractivity contribution in [3.8, 4) is 5.75 Å². The van der Waals surface area contributed by atoms with Gasteiger partial charge in [0.15, 0.2) is 5.75 Å². The van der Waals surface area contributed by atoms with Gasteiger partial charge in [0.2, 0.25) is 11.9 Å². The Bertz CT molecular complexity index is 2400. The molecular formula is C31H24FN7O10S3. The molecule has 0 saturated heterocycles. The number of nitrogens with one attached hydrogen (secondary N) is 1. The van der Waals surface area contributed by atoms with Crippen LogP contribution in [0.1, 0.15) is 6.92 Å². The zero-order valence-corrected chi connectivity index (χ0v) is 28.8. The minimum atomic E-state index is -4.90. The highest BCUT2D eigenvalue weighted by atomic mass is 32.2. The van der Waals surface area contributed by atoms with Gasteiger partial charge in [-0.2, -0.15) is 27.8 Å². The minimum absolute atomic E-state index is 0.0347. The van der Waals surface area contributed by atoms with Crippen molar-refractivity contribution in [2.24, 2.45) is 10.2 Å². The SMILES string of the molecule is CCN(c1ccccc1)c1nc(F)nc(Nc2ccc3c(O)c(N=Nc4ccc5c(SOOO)cccc5c4S(=O)(=O)O)c(SOOO)cc3c2)n1. The fraction of sp³-hybridized carbons (Fsp3) is 0.0645. The Morgan fingerprint density at radius 3 is 2.29 bits per heavy atom. The summed E-state index contributed by atoms with van der Waals surface area (Å²) < 4.78 is 59.0. The Kier molecular flexibility index (Phi) is 11.4. The molecule has 0 unspecified atom stereocenters. The number of phenolic OH excluding ortho intramolecular Hbond substituents is 1. The first-order valence-electron chi connectivity index (χ1n) is 14.7. The van der Waals surface area contributed by atoms with Gasteiger partial charge >= 0.3 is 6.08 Å². The van der Waals surface area contributed by atoms with Gasteiger partial charge in [-0.25, -0.2) is 10.5 Å². The van der Waals surface area contributed by atoms with Crippen molar-refractivity contribution >= 4 is 90.4 Å². The van der Waals surface area contributed by atoms with Crippen molar-refractivity contribution in [3.63, 3.8) is 0 Å². The van der Waals surface area contributed by atoms with Gasteiger partial charge in [0.1, 0.15) is 16.3 Å². The number of nitrogens with zero attached hydrogens (tertiary/aromatic N) is 6. The number of anilines is 4.